The number of fused-ring (bicyclic) bond motifs is 1. The van der Waals surface area contributed by atoms with Gasteiger partial charge >= 0.3 is 5.97 Å². The molecular weight excluding hydrogens is 312 g/mol. The molecule has 1 aliphatic heterocycles. The predicted molar refractivity (Wildman–Crippen MR) is 97.1 cm³/mol. The Morgan fingerprint density at radius 3 is 2.00 bits per heavy atom. The number of rotatable bonds is 3. The fourth-order valence-corrected chi connectivity index (χ4v) is 3.41. The second-order valence-electron chi connectivity index (χ2n) is 6.02. The van der Waals surface area contributed by atoms with Crippen molar-refractivity contribution in [1.29, 1.82) is 0 Å². The van der Waals surface area contributed by atoms with E-state index in [1.54, 1.807) is 0 Å². The van der Waals surface area contributed by atoms with Crippen LogP contribution in [-0.2, 0) is 22.7 Å². The lowest BCUT2D eigenvalue weighted by atomic mass is 9.87. The molecule has 0 aromatic heterocycles. The van der Waals surface area contributed by atoms with Gasteiger partial charge in [-0.05, 0) is 39.4 Å². The van der Waals surface area contributed by atoms with Gasteiger partial charge in [0.15, 0.2) is 0 Å². The number of hydrogen-bond acceptors (Lipinski definition) is 3. The first-order valence-corrected chi connectivity index (χ1v) is 8.25. The smallest absolute Gasteiger partial charge is 0.338 e. The molecular formula is C22H18O3. The van der Waals surface area contributed by atoms with E-state index in [-0.39, 0.29) is 5.97 Å². The van der Waals surface area contributed by atoms with Gasteiger partial charge in [-0.2, -0.15) is 0 Å². The van der Waals surface area contributed by atoms with E-state index < -0.39 is 0 Å². The van der Waals surface area contributed by atoms with Gasteiger partial charge in [-0.1, -0.05) is 60.7 Å². The van der Waals surface area contributed by atoms with E-state index in [0.717, 1.165) is 33.4 Å². The molecule has 0 unspecified atom stereocenters. The molecule has 3 nitrogen and oxygen atoms in total. The highest BCUT2D eigenvalue weighted by Crippen LogP contribution is 2.39. The number of benzene rings is 3. The van der Waals surface area contributed by atoms with Gasteiger partial charge < -0.3 is 9.47 Å². The molecule has 3 aromatic rings. The molecule has 0 fully saturated rings. The van der Waals surface area contributed by atoms with Crippen molar-refractivity contribution in [3.63, 3.8) is 0 Å². The molecule has 0 N–H and O–H groups in total. The molecule has 1 aliphatic rings. The van der Waals surface area contributed by atoms with Crippen molar-refractivity contribution in [3.8, 4) is 22.3 Å². The second kappa shape index (κ2) is 6.54. The molecule has 0 amide bonds. The zero-order valence-electron chi connectivity index (χ0n) is 14.0. The topological polar surface area (TPSA) is 35.5 Å². The molecule has 25 heavy (non-hydrogen) atoms. The molecule has 1 heterocycles. The van der Waals surface area contributed by atoms with Crippen LogP contribution in [-0.4, -0.2) is 13.1 Å². The average molecular weight is 330 g/mol. The number of carbonyl (C=O) groups is 1. The molecule has 0 bridgehead atoms. The van der Waals surface area contributed by atoms with E-state index in [1.165, 1.54) is 7.11 Å². The largest absolute Gasteiger partial charge is 0.465 e. The fourth-order valence-electron chi connectivity index (χ4n) is 3.41. The van der Waals surface area contributed by atoms with Crippen molar-refractivity contribution in [2.24, 2.45) is 0 Å². The van der Waals surface area contributed by atoms with Crippen molar-refractivity contribution in [1.82, 2.24) is 0 Å². The van der Waals surface area contributed by atoms with Crippen LogP contribution < -0.4 is 0 Å². The highest BCUT2D eigenvalue weighted by molar-refractivity contribution is 6.01. The normalized spacial score (nSPS) is 12.7. The summed E-state index contributed by atoms with van der Waals surface area (Å²) in [4.78, 5) is 12.5. The molecule has 3 aromatic carbocycles. The molecule has 0 saturated carbocycles. The minimum absolute atomic E-state index is 0.319. The molecule has 0 atom stereocenters. The molecule has 0 saturated heterocycles. The standard InChI is InChI=1S/C22H18O3/c1-24-22(23)21-18(16-10-6-3-7-11-16)12-17(15-8-4-2-5-9-15)19-13-25-14-20(19)21/h2-12H,13-14H2,1H3. The maximum atomic E-state index is 12.5. The lowest BCUT2D eigenvalue weighted by Crippen LogP contribution is -2.09. The van der Waals surface area contributed by atoms with Gasteiger partial charge in [0, 0.05) is 0 Å². The minimum atomic E-state index is -0.319. The van der Waals surface area contributed by atoms with Crippen LogP contribution >= 0.6 is 0 Å². The van der Waals surface area contributed by atoms with Gasteiger partial charge in [-0.3, -0.25) is 0 Å². The second-order valence-corrected chi connectivity index (χ2v) is 6.02. The molecule has 0 radical (unpaired) electrons. The Hall–Kier alpha value is -2.91. The maximum absolute atomic E-state index is 12.5. The van der Waals surface area contributed by atoms with E-state index in [0.29, 0.717) is 18.8 Å². The summed E-state index contributed by atoms with van der Waals surface area (Å²) in [5.41, 5.74) is 6.74. The van der Waals surface area contributed by atoms with Crippen molar-refractivity contribution in [2.75, 3.05) is 7.11 Å². The first-order valence-electron chi connectivity index (χ1n) is 8.25. The third kappa shape index (κ3) is 2.73. The molecule has 3 heteroatoms. The van der Waals surface area contributed by atoms with Gasteiger partial charge in [0.05, 0.1) is 25.9 Å². The molecule has 124 valence electrons. The summed E-state index contributed by atoms with van der Waals surface area (Å²) >= 11 is 0. The first-order chi connectivity index (χ1) is 12.3. The van der Waals surface area contributed by atoms with Gasteiger partial charge in [0.25, 0.3) is 0 Å². The number of esters is 1. The van der Waals surface area contributed by atoms with Crippen molar-refractivity contribution >= 4 is 5.97 Å². The molecule has 0 spiro atoms. The van der Waals surface area contributed by atoms with Crippen LogP contribution in [0.2, 0.25) is 0 Å². The first kappa shape index (κ1) is 15.6. The van der Waals surface area contributed by atoms with E-state index in [1.807, 2.05) is 48.5 Å². The van der Waals surface area contributed by atoms with E-state index >= 15 is 0 Å². The van der Waals surface area contributed by atoms with E-state index in [9.17, 15) is 4.79 Å². The van der Waals surface area contributed by atoms with Crippen LogP contribution in [0.15, 0.2) is 66.7 Å². The summed E-state index contributed by atoms with van der Waals surface area (Å²) in [5, 5.41) is 0. The predicted octanol–water partition coefficient (Wildman–Crippen LogP) is 4.84. The minimum Gasteiger partial charge on any atom is -0.465 e. The van der Waals surface area contributed by atoms with Crippen LogP contribution in [0.5, 0.6) is 0 Å². The summed E-state index contributed by atoms with van der Waals surface area (Å²) in [6, 6.07) is 22.2. The highest BCUT2D eigenvalue weighted by atomic mass is 16.5. The third-order valence-electron chi connectivity index (χ3n) is 4.60. The summed E-state index contributed by atoms with van der Waals surface area (Å²) in [6.45, 7) is 0.943. The Balaban J connectivity index is 2.03. The summed E-state index contributed by atoms with van der Waals surface area (Å²) in [6.07, 6.45) is 0. The summed E-state index contributed by atoms with van der Waals surface area (Å²) in [5.74, 6) is -0.319. The lowest BCUT2D eigenvalue weighted by molar-refractivity contribution is 0.0597. The van der Waals surface area contributed by atoms with E-state index in [2.05, 4.69) is 18.2 Å². The van der Waals surface area contributed by atoms with Crippen LogP contribution in [0.25, 0.3) is 22.3 Å². The number of carbonyl (C=O) groups excluding carboxylic acids is 1. The summed E-state index contributed by atoms with van der Waals surface area (Å²) < 4.78 is 10.8. The Labute approximate surface area is 146 Å². The van der Waals surface area contributed by atoms with Crippen molar-refractivity contribution < 1.29 is 14.3 Å². The van der Waals surface area contributed by atoms with Gasteiger partial charge in [-0.25, -0.2) is 4.79 Å². The zero-order chi connectivity index (χ0) is 17.2. The summed E-state index contributed by atoms with van der Waals surface area (Å²) in [7, 11) is 1.42. The number of hydrogen-bond donors (Lipinski definition) is 0. The Bertz CT molecular complexity index is 915. The number of ether oxygens (including phenoxy) is 2. The third-order valence-corrected chi connectivity index (χ3v) is 4.60. The van der Waals surface area contributed by atoms with Crippen molar-refractivity contribution in [3.05, 3.63) is 83.4 Å². The molecule has 0 aliphatic carbocycles. The zero-order valence-corrected chi connectivity index (χ0v) is 14.0. The van der Waals surface area contributed by atoms with Gasteiger partial charge in [0.1, 0.15) is 0 Å². The number of methoxy groups -OCH3 is 1. The fraction of sp³-hybridized carbons (Fsp3) is 0.136. The van der Waals surface area contributed by atoms with Crippen LogP contribution in [0, 0.1) is 0 Å². The van der Waals surface area contributed by atoms with Crippen molar-refractivity contribution in [2.45, 2.75) is 13.2 Å². The lowest BCUT2D eigenvalue weighted by Gasteiger charge is -2.16. The Morgan fingerprint density at radius 1 is 0.840 bits per heavy atom. The van der Waals surface area contributed by atoms with Gasteiger partial charge in [0.2, 0.25) is 0 Å². The Kier molecular flexibility index (Phi) is 4.08. The molecule has 4 rings (SSSR count). The maximum Gasteiger partial charge on any atom is 0.338 e. The Morgan fingerprint density at radius 2 is 1.40 bits per heavy atom. The SMILES string of the molecule is COC(=O)c1c(-c2ccccc2)cc(-c2ccccc2)c2c1COC2. The average Bonchev–Trinajstić information content (AvgIpc) is 3.17. The van der Waals surface area contributed by atoms with Crippen LogP contribution in [0.3, 0.4) is 0 Å². The highest BCUT2D eigenvalue weighted by Gasteiger charge is 2.27. The van der Waals surface area contributed by atoms with E-state index in [4.69, 9.17) is 9.47 Å². The van der Waals surface area contributed by atoms with Crippen LogP contribution in [0.4, 0.5) is 0 Å². The quantitative estimate of drug-likeness (QED) is 0.645. The van der Waals surface area contributed by atoms with Gasteiger partial charge in [-0.15, -0.1) is 0 Å². The monoisotopic (exact) mass is 330 g/mol. The van der Waals surface area contributed by atoms with Crippen LogP contribution in [0.1, 0.15) is 21.5 Å².